The number of fused-ring (bicyclic) bond motifs is 5. The number of hydrogen-bond acceptors (Lipinski definition) is 3. The van der Waals surface area contributed by atoms with Crippen LogP contribution < -0.4 is 0 Å². The fourth-order valence-electron chi connectivity index (χ4n) is 7.84. The zero-order valence-electron chi connectivity index (χ0n) is 19.5. The number of esters is 1. The van der Waals surface area contributed by atoms with Gasteiger partial charge in [-0.05, 0) is 93.6 Å². The summed E-state index contributed by atoms with van der Waals surface area (Å²) in [6.45, 7) is 4.26. The Morgan fingerprint density at radius 1 is 1.19 bits per heavy atom. The number of halogens is 2. The molecular weight excluding hydrogens is 646 g/mol. The Bertz CT molecular complexity index is 841. The van der Waals surface area contributed by atoms with E-state index in [1.165, 1.54) is 57.1 Å². The molecular formula is C26H38I2O3S. The van der Waals surface area contributed by atoms with Gasteiger partial charge < -0.3 is 9.84 Å². The third-order valence-electron chi connectivity index (χ3n) is 9.51. The van der Waals surface area contributed by atoms with Gasteiger partial charge >= 0.3 is 5.97 Å². The molecule has 0 bridgehead atoms. The molecule has 180 valence electrons. The predicted octanol–water partition coefficient (Wildman–Crippen LogP) is 6.65. The monoisotopic (exact) mass is 684 g/mol. The smallest absolute Gasteiger partial charge is 0.336 e. The fraction of sp³-hybridized carbons (Fsp3) is 0.846. The average molecular weight is 684 g/mol. The molecule has 1 N–H and O–H groups in total. The summed E-state index contributed by atoms with van der Waals surface area (Å²) < 4.78 is 6.71. The van der Waals surface area contributed by atoms with Crippen LogP contribution in [-0.2, 0) is 9.53 Å². The summed E-state index contributed by atoms with van der Waals surface area (Å²) in [6.07, 6.45) is 12.7. The lowest BCUT2D eigenvalue weighted by atomic mass is 9.56. The molecule has 9 atom stereocenters. The van der Waals surface area contributed by atoms with Crippen molar-refractivity contribution in [1.29, 1.82) is 0 Å². The van der Waals surface area contributed by atoms with Crippen molar-refractivity contribution >= 4 is 67.0 Å². The predicted molar refractivity (Wildman–Crippen MR) is 151 cm³/mol. The summed E-state index contributed by atoms with van der Waals surface area (Å²) in [5.74, 6) is 5.27. The number of carbonyl (C=O) groups is 1. The summed E-state index contributed by atoms with van der Waals surface area (Å²) >= 11 is 5.82. The maximum absolute atomic E-state index is 12.4. The number of aliphatic hydroxyl groups excluding tert-OH is 1. The zero-order chi connectivity index (χ0) is 22.7. The van der Waals surface area contributed by atoms with Crippen LogP contribution in [0.5, 0.6) is 0 Å². The van der Waals surface area contributed by atoms with Crippen LogP contribution in [0, 0.1) is 29.6 Å². The molecule has 2 saturated carbocycles. The number of rotatable bonds is 3. The third-order valence-corrected chi connectivity index (χ3v) is 17.7. The molecule has 3 fully saturated rings. The molecule has 0 aromatic carbocycles. The molecule has 0 spiro atoms. The van der Waals surface area contributed by atoms with E-state index in [1.807, 2.05) is 6.92 Å². The van der Waals surface area contributed by atoms with Gasteiger partial charge in [-0.25, -0.2) is 4.79 Å². The van der Waals surface area contributed by atoms with Crippen LogP contribution in [0.1, 0.15) is 78.1 Å². The Morgan fingerprint density at radius 2 is 2.00 bits per heavy atom. The second-order valence-electron chi connectivity index (χ2n) is 11.3. The largest absolute Gasteiger partial charge is 0.459 e. The summed E-state index contributed by atoms with van der Waals surface area (Å²) in [4.78, 5) is 12.4. The summed E-state index contributed by atoms with van der Waals surface area (Å²) in [6, 6.07) is 0. The van der Waals surface area contributed by atoms with Crippen LogP contribution in [-0.4, -0.2) is 41.1 Å². The molecule has 5 aliphatic rings. The van der Waals surface area contributed by atoms with Gasteiger partial charge in [0.05, 0.1) is 14.9 Å². The molecule has 9 unspecified atom stereocenters. The van der Waals surface area contributed by atoms with Crippen molar-refractivity contribution in [1.82, 2.24) is 0 Å². The van der Waals surface area contributed by atoms with Crippen LogP contribution in [0.25, 0.3) is 0 Å². The van der Waals surface area contributed by atoms with Crippen molar-refractivity contribution in [3.8, 4) is 0 Å². The SMILES string of the molecule is CC1=C(CO)C(=O)OC(CC2CCCC3C4CC=S5CC(C)CCC5(I)C4CCC23I)C1. The number of ether oxygens (including phenoxy) is 1. The van der Waals surface area contributed by atoms with Crippen molar-refractivity contribution in [2.45, 2.75) is 90.3 Å². The van der Waals surface area contributed by atoms with Crippen LogP contribution in [0.2, 0.25) is 0 Å². The lowest BCUT2D eigenvalue weighted by molar-refractivity contribution is -0.147. The van der Waals surface area contributed by atoms with Gasteiger partial charge in [0, 0.05) is 9.84 Å². The van der Waals surface area contributed by atoms with Gasteiger partial charge in [-0.15, -0.1) is 0 Å². The lowest BCUT2D eigenvalue weighted by Crippen LogP contribution is -2.56. The molecule has 0 amide bonds. The first kappa shape index (κ1) is 24.5. The molecule has 3 nitrogen and oxygen atoms in total. The molecule has 0 aromatic rings. The molecule has 6 heteroatoms. The van der Waals surface area contributed by atoms with E-state index >= 15 is 0 Å². The van der Waals surface area contributed by atoms with E-state index in [-0.39, 0.29) is 18.7 Å². The van der Waals surface area contributed by atoms with Gasteiger partial charge in [0.25, 0.3) is 0 Å². The maximum Gasteiger partial charge on any atom is 0.336 e. The van der Waals surface area contributed by atoms with Crippen molar-refractivity contribution in [3.05, 3.63) is 11.1 Å². The quantitative estimate of drug-likeness (QED) is 0.157. The molecule has 32 heavy (non-hydrogen) atoms. The van der Waals surface area contributed by atoms with E-state index in [4.69, 9.17) is 4.74 Å². The van der Waals surface area contributed by atoms with Crippen LogP contribution >= 0.6 is 55.7 Å². The number of hydrogen-bond donors (Lipinski definition) is 1. The molecule has 3 aliphatic heterocycles. The van der Waals surface area contributed by atoms with Crippen molar-refractivity contribution in [2.24, 2.45) is 29.6 Å². The van der Waals surface area contributed by atoms with E-state index in [0.29, 0.717) is 28.2 Å². The lowest BCUT2D eigenvalue weighted by Gasteiger charge is -2.60. The van der Waals surface area contributed by atoms with E-state index in [1.54, 1.807) is 0 Å². The number of carbonyl (C=O) groups excluding carboxylic acids is 1. The molecule has 0 radical (unpaired) electrons. The Morgan fingerprint density at radius 3 is 2.75 bits per heavy atom. The first-order chi connectivity index (χ1) is 15.3. The minimum Gasteiger partial charge on any atom is -0.459 e. The number of aliphatic hydroxyl groups is 1. The van der Waals surface area contributed by atoms with Crippen molar-refractivity contribution < 1.29 is 14.6 Å². The second kappa shape index (κ2) is 9.38. The van der Waals surface area contributed by atoms with Gasteiger partial charge in [-0.2, -0.15) is 10.5 Å². The normalized spacial score (nSPS) is 48.8. The number of alkyl halides is 2. The van der Waals surface area contributed by atoms with Crippen LogP contribution in [0.15, 0.2) is 11.1 Å². The van der Waals surface area contributed by atoms with Gasteiger partial charge in [0.15, 0.2) is 0 Å². The minimum atomic E-state index is -0.285. The van der Waals surface area contributed by atoms with Gasteiger partial charge in [-0.1, -0.05) is 69.5 Å². The Balaban J connectivity index is 1.35. The average Bonchev–Trinajstić information content (AvgIpc) is 2.74. The summed E-state index contributed by atoms with van der Waals surface area (Å²) in [5, 5.41) is 12.3. The molecule has 5 rings (SSSR count). The van der Waals surface area contributed by atoms with E-state index < -0.39 is 0 Å². The van der Waals surface area contributed by atoms with Gasteiger partial charge in [-0.3, -0.25) is 0 Å². The molecule has 1 saturated heterocycles. The molecule has 0 aromatic heterocycles. The van der Waals surface area contributed by atoms with Crippen LogP contribution in [0.4, 0.5) is 0 Å². The Kier molecular flexibility index (Phi) is 7.19. The van der Waals surface area contributed by atoms with Crippen LogP contribution in [0.3, 0.4) is 0 Å². The highest BCUT2D eigenvalue weighted by molar-refractivity contribution is 14.1. The summed E-state index contributed by atoms with van der Waals surface area (Å²) in [5.41, 5.74) is 1.51. The molecule has 3 heterocycles. The zero-order valence-corrected chi connectivity index (χ0v) is 24.6. The van der Waals surface area contributed by atoms with Crippen molar-refractivity contribution in [3.63, 3.8) is 0 Å². The number of cyclic esters (lactones) is 1. The highest BCUT2D eigenvalue weighted by atomic mass is 127. The standard InChI is InChI=1S/C26H38I2O3S/c1-16-6-10-26(28)23-7-9-25(27)18(13-19-12-17(2)21(14-29)24(30)31-19)4-3-5-22(25)20(23)8-11-32(26)15-16/h11,16,18-20,22-23,29H,3-10,12-15H2,1-2H3. The fourth-order valence-corrected chi connectivity index (χ4v) is 14.6. The second-order valence-corrected chi connectivity index (χ2v) is 18.2. The van der Waals surface area contributed by atoms with Gasteiger partial charge in [0.2, 0.25) is 0 Å². The topological polar surface area (TPSA) is 46.5 Å². The maximum atomic E-state index is 12.4. The Hall–Kier alpha value is 0.850. The van der Waals surface area contributed by atoms with E-state index in [9.17, 15) is 9.90 Å². The first-order valence-corrected chi connectivity index (χ1v) is 16.3. The van der Waals surface area contributed by atoms with E-state index in [2.05, 4.69) is 57.5 Å². The highest BCUT2D eigenvalue weighted by Crippen LogP contribution is 2.67. The van der Waals surface area contributed by atoms with Gasteiger partial charge in [0.1, 0.15) is 6.10 Å². The van der Waals surface area contributed by atoms with E-state index in [0.717, 1.165) is 42.1 Å². The highest BCUT2D eigenvalue weighted by Gasteiger charge is 2.58. The minimum absolute atomic E-state index is 0.00885. The molecule has 2 aliphatic carbocycles. The van der Waals surface area contributed by atoms with Crippen molar-refractivity contribution in [2.75, 3.05) is 12.4 Å². The summed E-state index contributed by atoms with van der Waals surface area (Å²) in [7, 11) is 0.507. The Labute approximate surface area is 223 Å². The first-order valence-electron chi connectivity index (χ1n) is 12.7. The third kappa shape index (κ3) is 4.10.